The Morgan fingerprint density at radius 3 is 2.35 bits per heavy atom. The van der Waals surface area contributed by atoms with Crippen LogP contribution in [0.2, 0.25) is 0 Å². The number of amides is 1. The molecule has 0 N–H and O–H groups in total. The molecular weight excluding hydrogens is 292 g/mol. The number of nitriles is 1. The SMILES string of the molecule is CN(CCOc1ccccc1)C(=O)COc1ccc(C#N)cc1. The lowest BCUT2D eigenvalue weighted by molar-refractivity contribution is -0.132. The largest absolute Gasteiger partial charge is 0.492 e. The van der Waals surface area contributed by atoms with Crippen LogP contribution >= 0.6 is 0 Å². The lowest BCUT2D eigenvalue weighted by Crippen LogP contribution is -2.34. The molecule has 0 aromatic heterocycles. The van der Waals surface area contributed by atoms with Gasteiger partial charge in [-0.1, -0.05) is 18.2 Å². The molecule has 0 spiro atoms. The topological polar surface area (TPSA) is 62.6 Å². The van der Waals surface area contributed by atoms with Crippen molar-refractivity contribution >= 4 is 5.91 Å². The van der Waals surface area contributed by atoms with E-state index in [1.54, 1.807) is 36.2 Å². The first kappa shape index (κ1) is 16.4. The van der Waals surface area contributed by atoms with Crippen molar-refractivity contribution in [3.8, 4) is 17.6 Å². The molecule has 0 aliphatic heterocycles. The van der Waals surface area contributed by atoms with Crippen LogP contribution in [0.1, 0.15) is 5.56 Å². The summed E-state index contributed by atoms with van der Waals surface area (Å²) in [5.41, 5.74) is 0.554. The van der Waals surface area contributed by atoms with Gasteiger partial charge in [0.1, 0.15) is 18.1 Å². The zero-order valence-electron chi connectivity index (χ0n) is 12.9. The smallest absolute Gasteiger partial charge is 0.260 e. The normalized spacial score (nSPS) is 9.74. The van der Waals surface area contributed by atoms with Gasteiger partial charge in [-0.15, -0.1) is 0 Å². The van der Waals surface area contributed by atoms with Crippen molar-refractivity contribution in [1.29, 1.82) is 5.26 Å². The summed E-state index contributed by atoms with van der Waals surface area (Å²) in [5.74, 6) is 1.21. The van der Waals surface area contributed by atoms with Gasteiger partial charge in [0.15, 0.2) is 6.61 Å². The minimum absolute atomic E-state index is 0.0479. The molecule has 0 aliphatic carbocycles. The standard InChI is InChI=1S/C18H18N2O3/c1-20(11-12-22-16-5-3-2-4-6-16)18(21)14-23-17-9-7-15(13-19)8-10-17/h2-10H,11-12,14H2,1H3. The fraction of sp³-hybridized carbons (Fsp3) is 0.222. The zero-order chi connectivity index (χ0) is 16.5. The number of nitrogens with zero attached hydrogens (tertiary/aromatic N) is 2. The van der Waals surface area contributed by atoms with Gasteiger partial charge in [0.05, 0.1) is 18.2 Å². The number of para-hydroxylation sites is 1. The lowest BCUT2D eigenvalue weighted by atomic mass is 10.2. The molecule has 0 radical (unpaired) electrons. The first-order chi connectivity index (χ1) is 11.2. The van der Waals surface area contributed by atoms with E-state index in [-0.39, 0.29) is 12.5 Å². The summed E-state index contributed by atoms with van der Waals surface area (Å²) in [4.78, 5) is 13.5. The van der Waals surface area contributed by atoms with Crippen molar-refractivity contribution < 1.29 is 14.3 Å². The second kappa shape index (κ2) is 8.44. The molecule has 0 saturated carbocycles. The predicted octanol–water partition coefficient (Wildman–Crippen LogP) is 2.47. The highest BCUT2D eigenvalue weighted by Gasteiger charge is 2.09. The molecule has 5 nitrogen and oxygen atoms in total. The highest BCUT2D eigenvalue weighted by atomic mass is 16.5. The molecule has 0 bridgehead atoms. The van der Waals surface area contributed by atoms with Crippen LogP contribution in [-0.2, 0) is 4.79 Å². The Bertz CT molecular complexity index is 663. The maximum Gasteiger partial charge on any atom is 0.260 e. The van der Waals surface area contributed by atoms with E-state index in [2.05, 4.69) is 0 Å². The van der Waals surface area contributed by atoms with Gasteiger partial charge >= 0.3 is 0 Å². The van der Waals surface area contributed by atoms with Crippen LogP contribution in [0.4, 0.5) is 0 Å². The number of hydrogen-bond acceptors (Lipinski definition) is 4. The van der Waals surface area contributed by atoms with E-state index >= 15 is 0 Å². The van der Waals surface area contributed by atoms with Gasteiger partial charge in [0.2, 0.25) is 0 Å². The van der Waals surface area contributed by atoms with E-state index in [0.29, 0.717) is 24.5 Å². The summed E-state index contributed by atoms with van der Waals surface area (Å²) in [7, 11) is 1.71. The number of benzene rings is 2. The maximum absolute atomic E-state index is 12.0. The molecule has 118 valence electrons. The Labute approximate surface area is 135 Å². The van der Waals surface area contributed by atoms with Crippen molar-refractivity contribution in [2.24, 2.45) is 0 Å². The Morgan fingerprint density at radius 2 is 1.70 bits per heavy atom. The van der Waals surface area contributed by atoms with E-state index < -0.39 is 0 Å². The molecule has 2 rings (SSSR count). The summed E-state index contributed by atoms with van der Waals surface area (Å²) < 4.78 is 11.0. The Hall–Kier alpha value is -3.00. The van der Waals surface area contributed by atoms with E-state index in [1.165, 1.54) is 0 Å². The van der Waals surface area contributed by atoms with Crippen molar-refractivity contribution in [2.75, 3.05) is 26.8 Å². The summed E-state index contributed by atoms with van der Waals surface area (Å²) in [6, 6.07) is 18.1. The summed E-state index contributed by atoms with van der Waals surface area (Å²) in [5, 5.41) is 8.72. The first-order valence-corrected chi connectivity index (χ1v) is 7.24. The van der Waals surface area contributed by atoms with Crippen LogP contribution in [0.5, 0.6) is 11.5 Å². The van der Waals surface area contributed by atoms with E-state index in [0.717, 1.165) is 5.75 Å². The van der Waals surface area contributed by atoms with Crippen LogP contribution in [0.3, 0.4) is 0 Å². The van der Waals surface area contributed by atoms with Crippen LogP contribution in [0.25, 0.3) is 0 Å². The van der Waals surface area contributed by atoms with Crippen LogP contribution < -0.4 is 9.47 Å². The summed E-state index contributed by atoms with van der Waals surface area (Å²) in [6.07, 6.45) is 0. The van der Waals surface area contributed by atoms with E-state index in [1.807, 2.05) is 36.4 Å². The fourth-order valence-corrected chi connectivity index (χ4v) is 1.82. The van der Waals surface area contributed by atoms with Gasteiger partial charge in [-0.2, -0.15) is 5.26 Å². The molecule has 2 aromatic rings. The number of likely N-dealkylation sites (N-methyl/N-ethyl adjacent to an activating group) is 1. The Morgan fingerprint density at radius 1 is 1.04 bits per heavy atom. The molecule has 0 fully saturated rings. The molecule has 0 heterocycles. The van der Waals surface area contributed by atoms with Crippen LogP contribution in [0.15, 0.2) is 54.6 Å². The highest BCUT2D eigenvalue weighted by Crippen LogP contribution is 2.11. The highest BCUT2D eigenvalue weighted by molar-refractivity contribution is 5.77. The van der Waals surface area contributed by atoms with E-state index in [9.17, 15) is 4.79 Å². The maximum atomic E-state index is 12.0. The van der Waals surface area contributed by atoms with Gasteiger partial charge in [0.25, 0.3) is 5.91 Å². The van der Waals surface area contributed by atoms with Gasteiger partial charge in [-0.05, 0) is 36.4 Å². The van der Waals surface area contributed by atoms with Crippen LogP contribution in [-0.4, -0.2) is 37.6 Å². The van der Waals surface area contributed by atoms with Crippen molar-refractivity contribution in [2.45, 2.75) is 0 Å². The number of rotatable bonds is 7. The van der Waals surface area contributed by atoms with Gasteiger partial charge in [-0.3, -0.25) is 4.79 Å². The third-order valence-electron chi connectivity index (χ3n) is 3.21. The third kappa shape index (κ3) is 5.36. The minimum Gasteiger partial charge on any atom is -0.492 e. The van der Waals surface area contributed by atoms with Crippen molar-refractivity contribution in [1.82, 2.24) is 4.90 Å². The molecule has 2 aromatic carbocycles. The average Bonchev–Trinajstić information content (AvgIpc) is 2.61. The number of hydrogen-bond donors (Lipinski definition) is 0. The monoisotopic (exact) mass is 310 g/mol. The van der Waals surface area contributed by atoms with Crippen molar-refractivity contribution in [3.63, 3.8) is 0 Å². The zero-order valence-corrected chi connectivity index (χ0v) is 12.9. The summed E-state index contributed by atoms with van der Waals surface area (Å²) in [6.45, 7) is 0.849. The Kier molecular flexibility index (Phi) is 6.01. The number of ether oxygens (including phenoxy) is 2. The minimum atomic E-state index is -0.133. The van der Waals surface area contributed by atoms with E-state index in [4.69, 9.17) is 14.7 Å². The molecule has 0 aliphatic rings. The average molecular weight is 310 g/mol. The van der Waals surface area contributed by atoms with Gasteiger partial charge in [-0.25, -0.2) is 0 Å². The second-order valence-corrected chi connectivity index (χ2v) is 4.90. The molecule has 0 saturated heterocycles. The van der Waals surface area contributed by atoms with Crippen LogP contribution in [0, 0.1) is 11.3 Å². The molecule has 0 atom stereocenters. The summed E-state index contributed by atoms with van der Waals surface area (Å²) >= 11 is 0. The number of carbonyl (C=O) groups is 1. The van der Waals surface area contributed by atoms with Gasteiger partial charge < -0.3 is 14.4 Å². The Balaban J connectivity index is 1.71. The third-order valence-corrected chi connectivity index (χ3v) is 3.21. The molecule has 1 amide bonds. The van der Waals surface area contributed by atoms with Crippen molar-refractivity contribution in [3.05, 3.63) is 60.2 Å². The molecular formula is C18H18N2O3. The molecule has 23 heavy (non-hydrogen) atoms. The molecule has 0 unspecified atom stereocenters. The fourth-order valence-electron chi connectivity index (χ4n) is 1.82. The predicted molar refractivity (Wildman–Crippen MR) is 86.2 cm³/mol. The first-order valence-electron chi connectivity index (χ1n) is 7.24. The number of carbonyl (C=O) groups excluding carboxylic acids is 1. The lowest BCUT2D eigenvalue weighted by Gasteiger charge is -2.17. The second-order valence-electron chi connectivity index (χ2n) is 4.90. The van der Waals surface area contributed by atoms with Gasteiger partial charge in [0, 0.05) is 7.05 Å². The molecule has 5 heteroatoms. The quantitative estimate of drug-likeness (QED) is 0.788.